The first-order chi connectivity index (χ1) is 11.3. The maximum atomic E-state index is 12.8. The first-order valence-electron chi connectivity index (χ1n) is 9.11. The molecule has 1 aliphatic heterocycles. The van der Waals surface area contributed by atoms with Crippen molar-refractivity contribution in [3.63, 3.8) is 0 Å². The van der Waals surface area contributed by atoms with Gasteiger partial charge in [-0.15, -0.1) is 0 Å². The van der Waals surface area contributed by atoms with Gasteiger partial charge >= 0.3 is 5.97 Å². The van der Waals surface area contributed by atoms with E-state index < -0.39 is 5.97 Å². The molecule has 0 radical (unpaired) electrons. The lowest BCUT2D eigenvalue weighted by Crippen LogP contribution is -2.44. The highest BCUT2D eigenvalue weighted by Gasteiger charge is 2.40. The molecule has 2 fully saturated rings. The SMILES string of the molecule is CC1CCC(N2CC(C(=O)N(CCC(=O)O)C(C)C)CC2=O)CC1. The topological polar surface area (TPSA) is 77.9 Å². The van der Waals surface area contributed by atoms with Crippen molar-refractivity contribution in [3.8, 4) is 0 Å². The van der Waals surface area contributed by atoms with Crippen molar-refractivity contribution in [1.82, 2.24) is 9.80 Å². The molecule has 1 saturated carbocycles. The summed E-state index contributed by atoms with van der Waals surface area (Å²) in [4.78, 5) is 39.5. The summed E-state index contributed by atoms with van der Waals surface area (Å²) in [5, 5.41) is 8.87. The van der Waals surface area contributed by atoms with E-state index in [2.05, 4.69) is 6.92 Å². The molecule has 0 aromatic rings. The predicted octanol–water partition coefficient (Wildman–Crippen LogP) is 2.13. The fourth-order valence-corrected chi connectivity index (χ4v) is 3.88. The Labute approximate surface area is 144 Å². The Hall–Kier alpha value is -1.59. The number of carboxylic acid groups (broad SMARTS) is 1. The Balaban J connectivity index is 1.97. The highest BCUT2D eigenvalue weighted by molar-refractivity contribution is 5.89. The Morgan fingerprint density at radius 2 is 1.88 bits per heavy atom. The van der Waals surface area contributed by atoms with Gasteiger partial charge in [0.15, 0.2) is 0 Å². The van der Waals surface area contributed by atoms with Crippen LogP contribution in [-0.4, -0.2) is 57.9 Å². The molecular formula is C18H30N2O4. The van der Waals surface area contributed by atoms with Crippen molar-refractivity contribution < 1.29 is 19.5 Å². The van der Waals surface area contributed by atoms with Crippen molar-refractivity contribution in [3.05, 3.63) is 0 Å². The van der Waals surface area contributed by atoms with Gasteiger partial charge in [-0.25, -0.2) is 0 Å². The van der Waals surface area contributed by atoms with Crippen LogP contribution in [0.5, 0.6) is 0 Å². The number of nitrogens with zero attached hydrogens (tertiary/aromatic N) is 2. The summed E-state index contributed by atoms with van der Waals surface area (Å²) >= 11 is 0. The molecule has 0 bridgehead atoms. The van der Waals surface area contributed by atoms with Crippen LogP contribution in [0.1, 0.15) is 59.3 Å². The van der Waals surface area contributed by atoms with Gasteiger partial charge in [0, 0.05) is 31.6 Å². The van der Waals surface area contributed by atoms with E-state index in [0.29, 0.717) is 6.54 Å². The third kappa shape index (κ3) is 4.48. The largest absolute Gasteiger partial charge is 0.481 e. The first kappa shape index (κ1) is 18.7. The summed E-state index contributed by atoms with van der Waals surface area (Å²) in [7, 11) is 0. The molecule has 24 heavy (non-hydrogen) atoms. The molecule has 6 heteroatoms. The molecule has 136 valence electrons. The monoisotopic (exact) mass is 338 g/mol. The second kappa shape index (κ2) is 7.99. The van der Waals surface area contributed by atoms with Gasteiger partial charge in [-0.1, -0.05) is 6.92 Å². The molecule has 1 atom stereocenters. The second-order valence-electron chi connectivity index (χ2n) is 7.63. The maximum absolute atomic E-state index is 12.8. The lowest BCUT2D eigenvalue weighted by Gasteiger charge is -2.34. The summed E-state index contributed by atoms with van der Waals surface area (Å²) in [6.07, 6.45) is 4.55. The van der Waals surface area contributed by atoms with E-state index in [1.165, 1.54) is 0 Å². The predicted molar refractivity (Wildman–Crippen MR) is 90.3 cm³/mol. The van der Waals surface area contributed by atoms with Crippen LogP contribution < -0.4 is 0 Å². The average Bonchev–Trinajstić information content (AvgIpc) is 2.89. The zero-order valence-corrected chi connectivity index (χ0v) is 15.0. The lowest BCUT2D eigenvalue weighted by molar-refractivity contribution is -0.141. The summed E-state index contributed by atoms with van der Waals surface area (Å²) in [6, 6.07) is 0.217. The van der Waals surface area contributed by atoms with E-state index in [1.807, 2.05) is 18.7 Å². The summed E-state index contributed by atoms with van der Waals surface area (Å²) < 4.78 is 0. The molecule has 2 aliphatic rings. The van der Waals surface area contributed by atoms with Crippen molar-refractivity contribution in [2.24, 2.45) is 11.8 Å². The van der Waals surface area contributed by atoms with Gasteiger partial charge in [-0.2, -0.15) is 0 Å². The molecule has 1 heterocycles. The van der Waals surface area contributed by atoms with Gasteiger partial charge in [-0.3, -0.25) is 14.4 Å². The fourth-order valence-electron chi connectivity index (χ4n) is 3.88. The molecule has 1 saturated heterocycles. The molecule has 2 amide bonds. The molecular weight excluding hydrogens is 308 g/mol. The van der Waals surface area contributed by atoms with Crippen molar-refractivity contribution in [1.29, 1.82) is 0 Å². The van der Waals surface area contributed by atoms with E-state index in [4.69, 9.17) is 5.11 Å². The highest BCUT2D eigenvalue weighted by Crippen LogP contribution is 2.32. The molecule has 1 unspecified atom stereocenters. The van der Waals surface area contributed by atoms with Gasteiger partial charge in [0.1, 0.15) is 0 Å². The van der Waals surface area contributed by atoms with E-state index in [0.717, 1.165) is 31.6 Å². The van der Waals surface area contributed by atoms with E-state index in [1.54, 1.807) is 4.90 Å². The Bertz CT molecular complexity index is 483. The Morgan fingerprint density at radius 1 is 1.25 bits per heavy atom. The van der Waals surface area contributed by atoms with E-state index in [9.17, 15) is 14.4 Å². The second-order valence-corrected chi connectivity index (χ2v) is 7.63. The molecule has 2 rings (SSSR count). The number of carbonyl (C=O) groups excluding carboxylic acids is 2. The number of amides is 2. The minimum atomic E-state index is -0.908. The smallest absolute Gasteiger partial charge is 0.305 e. The van der Waals surface area contributed by atoms with E-state index >= 15 is 0 Å². The number of hydrogen-bond donors (Lipinski definition) is 1. The van der Waals surface area contributed by atoms with E-state index in [-0.39, 0.29) is 49.2 Å². The number of hydrogen-bond acceptors (Lipinski definition) is 3. The van der Waals surface area contributed by atoms with Crippen LogP contribution in [0.15, 0.2) is 0 Å². The van der Waals surface area contributed by atoms with Crippen LogP contribution in [0, 0.1) is 11.8 Å². The Morgan fingerprint density at radius 3 is 2.42 bits per heavy atom. The fraction of sp³-hybridized carbons (Fsp3) is 0.833. The van der Waals surface area contributed by atoms with Crippen LogP contribution in [0.2, 0.25) is 0 Å². The summed E-state index contributed by atoms with van der Waals surface area (Å²) in [6.45, 7) is 6.72. The minimum Gasteiger partial charge on any atom is -0.481 e. The van der Waals surface area contributed by atoms with Gasteiger partial charge in [0.2, 0.25) is 11.8 Å². The van der Waals surface area contributed by atoms with Gasteiger partial charge in [0.25, 0.3) is 0 Å². The highest BCUT2D eigenvalue weighted by atomic mass is 16.4. The first-order valence-corrected chi connectivity index (χ1v) is 9.11. The van der Waals surface area contributed by atoms with Crippen LogP contribution >= 0.6 is 0 Å². The number of carboxylic acids is 1. The molecule has 0 aromatic heterocycles. The van der Waals surface area contributed by atoms with Crippen molar-refractivity contribution in [2.75, 3.05) is 13.1 Å². The molecule has 1 N–H and O–H groups in total. The molecule has 0 aromatic carbocycles. The third-order valence-electron chi connectivity index (χ3n) is 5.41. The number of carbonyl (C=O) groups is 3. The normalized spacial score (nSPS) is 27.6. The van der Waals surface area contributed by atoms with Crippen LogP contribution in [0.3, 0.4) is 0 Å². The standard InChI is InChI=1S/C18H30N2O4/c1-12(2)19(9-8-17(22)23)18(24)14-10-16(21)20(11-14)15-6-4-13(3)5-7-15/h12-15H,4-11H2,1-3H3,(H,22,23). The average molecular weight is 338 g/mol. The number of rotatable bonds is 6. The minimum absolute atomic E-state index is 0.0588. The van der Waals surface area contributed by atoms with Crippen LogP contribution in [0.4, 0.5) is 0 Å². The van der Waals surface area contributed by atoms with Crippen LogP contribution in [0.25, 0.3) is 0 Å². The van der Waals surface area contributed by atoms with Gasteiger partial charge in [0.05, 0.1) is 12.3 Å². The number of aliphatic carboxylic acids is 1. The Kier molecular flexibility index (Phi) is 6.24. The zero-order chi connectivity index (χ0) is 17.9. The molecule has 6 nitrogen and oxygen atoms in total. The van der Waals surface area contributed by atoms with Gasteiger partial charge in [-0.05, 0) is 45.4 Å². The van der Waals surface area contributed by atoms with Crippen molar-refractivity contribution in [2.45, 2.75) is 71.4 Å². The summed E-state index contributed by atoms with van der Waals surface area (Å²) in [5.74, 6) is -0.507. The zero-order valence-electron chi connectivity index (χ0n) is 15.0. The molecule has 0 spiro atoms. The lowest BCUT2D eigenvalue weighted by atomic mass is 9.86. The van der Waals surface area contributed by atoms with Crippen LogP contribution in [-0.2, 0) is 14.4 Å². The maximum Gasteiger partial charge on any atom is 0.305 e. The summed E-state index contributed by atoms with van der Waals surface area (Å²) in [5.41, 5.74) is 0. The molecule has 1 aliphatic carbocycles. The quantitative estimate of drug-likeness (QED) is 0.805. The van der Waals surface area contributed by atoms with Gasteiger partial charge < -0.3 is 14.9 Å². The number of likely N-dealkylation sites (tertiary alicyclic amines) is 1. The van der Waals surface area contributed by atoms with Crippen molar-refractivity contribution >= 4 is 17.8 Å². The third-order valence-corrected chi connectivity index (χ3v) is 5.41.